The third kappa shape index (κ3) is 7.51. The van der Waals surface area contributed by atoms with Crippen LogP contribution in [0.1, 0.15) is 48.0 Å². The number of nitrogens with zero attached hydrogens (tertiary/aromatic N) is 4. The molecule has 44 heavy (non-hydrogen) atoms. The number of ether oxygens (including phenoxy) is 1. The average molecular weight is 651 g/mol. The lowest BCUT2D eigenvalue weighted by Gasteiger charge is -2.40. The molecule has 2 aromatic rings. The predicted molar refractivity (Wildman–Crippen MR) is 149 cm³/mol. The average Bonchev–Trinajstić information content (AvgIpc) is 2.95. The second kappa shape index (κ2) is 13.0. The maximum Gasteiger partial charge on any atom is 0.573 e. The van der Waals surface area contributed by atoms with Gasteiger partial charge in [0.25, 0.3) is 17.4 Å². The van der Waals surface area contributed by atoms with E-state index in [-0.39, 0.29) is 30.1 Å². The Morgan fingerprint density at radius 1 is 0.977 bits per heavy atom. The van der Waals surface area contributed by atoms with Gasteiger partial charge in [-0.25, -0.2) is 4.98 Å². The van der Waals surface area contributed by atoms with Gasteiger partial charge < -0.3 is 24.5 Å². The number of carbonyl (C=O) groups is 2. The Morgan fingerprint density at radius 3 is 2.09 bits per heavy atom. The van der Waals surface area contributed by atoms with Crippen molar-refractivity contribution in [3.05, 3.63) is 52.7 Å². The number of rotatable bonds is 7. The molecule has 3 heterocycles. The maximum absolute atomic E-state index is 14.1. The summed E-state index contributed by atoms with van der Waals surface area (Å²) in [6, 6.07) is 6.17. The third-order valence-corrected chi connectivity index (χ3v) is 8.47. The number of piperidine rings is 2. The van der Waals surface area contributed by atoms with Crippen molar-refractivity contribution < 1.29 is 45.8 Å². The van der Waals surface area contributed by atoms with Crippen LogP contribution in [0.3, 0.4) is 0 Å². The van der Waals surface area contributed by atoms with Gasteiger partial charge in [-0.05, 0) is 68.2 Å². The Bertz CT molecular complexity index is 1340. The highest BCUT2D eigenvalue weighted by Crippen LogP contribution is 2.43. The number of alkyl halides is 6. The molecule has 0 saturated carbocycles. The minimum Gasteiger partial charge on any atom is -0.406 e. The van der Waals surface area contributed by atoms with Gasteiger partial charge >= 0.3 is 12.5 Å². The molecule has 1 aromatic carbocycles. The number of likely N-dealkylation sites (tertiary alicyclic amines) is 1. The first kappa shape index (κ1) is 33.6. The standard InChI is InChI=1S/C29H33ClF6N4O4/c1-38(2)25(41)22-6-7-23(37-24(22)30)39-12-8-18(9-13-39)16-19-10-14-40(15-11-19)26(42)27(43,28(31,32)33)20-4-3-5-21(17-20)44-29(34,35)36/h3-7,17-19,43H,8-16H2,1-2H3. The van der Waals surface area contributed by atoms with E-state index < -0.39 is 35.4 Å². The molecule has 0 bridgehead atoms. The molecule has 2 aliphatic rings. The van der Waals surface area contributed by atoms with Gasteiger partial charge in [0.05, 0.1) is 5.56 Å². The molecular weight excluding hydrogens is 618 g/mol. The van der Waals surface area contributed by atoms with E-state index >= 15 is 0 Å². The zero-order chi connectivity index (χ0) is 32.4. The van der Waals surface area contributed by atoms with Crippen LogP contribution < -0.4 is 9.64 Å². The van der Waals surface area contributed by atoms with Crippen molar-refractivity contribution in [3.8, 4) is 5.75 Å². The number of amides is 2. The van der Waals surface area contributed by atoms with Crippen LogP contribution in [0.4, 0.5) is 32.2 Å². The van der Waals surface area contributed by atoms with Crippen molar-refractivity contribution in [1.29, 1.82) is 0 Å². The predicted octanol–water partition coefficient (Wildman–Crippen LogP) is 5.63. The summed E-state index contributed by atoms with van der Waals surface area (Å²) in [4.78, 5) is 34.1. The summed E-state index contributed by atoms with van der Waals surface area (Å²) in [5.41, 5.74) is -4.77. The smallest absolute Gasteiger partial charge is 0.406 e. The summed E-state index contributed by atoms with van der Waals surface area (Å²) in [5, 5.41) is 10.8. The summed E-state index contributed by atoms with van der Waals surface area (Å²) in [7, 11) is 3.25. The fourth-order valence-electron chi connectivity index (χ4n) is 5.80. The van der Waals surface area contributed by atoms with Gasteiger partial charge in [-0.15, -0.1) is 13.2 Å². The highest BCUT2D eigenvalue weighted by Gasteiger charge is 2.62. The molecule has 1 unspecified atom stereocenters. The van der Waals surface area contributed by atoms with Crippen molar-refractivity contribution >= 4 is 29.2 Å². The zero-order valence-corrected chi connectivity index (χ0v) is 24.8. The van der Waals surface area contributed by atoms with E-state index in [1.165, 1.54) is 4.90 Å². The molecule has 1 atom stereocenters. The number of aromatic nitrogens is 1. The summed E-state index contributed by atoms with van der Waals surface area (Å²) >= 11 is 6.26. The summed E-state index contributed by atoms with van der Waals surface area (Å²) in [6.45, 7) is 1.36. The largest absolute Gasteiger partial charge is 0.573 e. The van der Waals surface area contributed by atoms with Crippen molar-refractivity contribution in [1.82, 2.24) is 14.8 Å². The van der Waals surface area contributed by atoms with Gasteiger partial charge in [0, 0.05) is 45.8 Å². The third-order valence-electron chi connectivity index (χ3n) is 8.18. The molecule has 2 aliphatic heterocycles. The Balaban J connectivity index is 1.33. The summed E-state index contributed by atoms with van der Waals surface area (Å²) in [6.07, 6.45) is -7.29. The second-order valence-corrected chi connectivity index (χ2v) is 11.8. The molecule has 2 fully saturated rings. The highest BCUT2D eigenvalue weighted by molar-refractivity contribution is 6.32. The molecule has 2 saturated heterocycles. The number of halogens is 7. The van der Waals surface area contributed by atoms with E-state index in [0.29, 0.717) is 49.3 Å². The first-order valence-corrected chi connectivity index (χ1v) is 14.4. The van der Waals surface area contributed by atoms with Gasteiger partial charge in [-0.2, -0.15) is 13.2 Å². The minimum atomic E-state index is -5.49. The van der Waals surface area contributed by atoms with E-state index in [9.17, 15) is 41.0 Å². The summed E-state index contributed by atoms with van der Waals surface area (Å²) < 4.78 is 83.9. The number of benzene rings is 1. The maximum atomic E-state index is 14.1. The number of hydrogen-bond donors (Lipinski definition) is 1. The van der Waals surface area contributed by atoms with E-state index in [2.05, 4.69) is 14.6 Å². The molecule has 0 spiro atoms. The van der Waals surface area contributed by atoms with Gasteiger partial charge in [-0.1, -0.05) is 23.7 Å². The number of aliphatic hydroxyl groups is 1. The lowest BCUT2D eigenvalue weighted by Crippen LogP contribution is -2.57. The number of anilines is 1. The van der Waals surface area contributed by atoms with Crippen LogP contribution in [0.2, 0.25) is 5.15 Å². The SMILES string of the molecule is CN(C)C(=O)c1ccc(N2CCC(CC3CCN(C(=O)C(O)(c4cccc(OC(F)(F)F)c4)C(F)(F)F)CC3)CC2)nc1Cl. The Kier molecular flexibility index (Phi) is 9.93. The van der Waals surface area contributed by atoms with Crippen LogP contribution in [0.25, 0.3) is 0 Å². The molecule has 8 nitrogen and oxygen atoms in total. The van der Waals surface area contributed by atoms with Crippen molar-refractivity contribution in [2.24, 2.45) is 11.8 Å². The monoisotopic (exact) mass is 650 g/mol. The minimum absolute atomic E-state index is 0.0279. The fraction of sp³-hybridized carbons (Fsp3) is 0.552. The molecule has 1 N–H and O–H groups in total. The Hall–Kier alpha value is -3.26. The number of hydrogen-bond acceptors (Lipinski definition) is 6. The quantitative estimate of drug-likeness (QED) is 0.309. The van der Waals surface area contributed by atoms with Crippen molar-refractivity contribution in [2.45, 2.75) is 50.2 Å². The van der Waals surface area contributed by atoms with Crippen LogP contribution in [0.5, 0.6) is 5.75 Å². The van der Waals surface area contributed by atoms with Crippen molar-refractivity contribution in [3.63, 3.8) is 0 Å². The van der Waals surface area contributed by atoms with E-state index in [4.69, 9.17) is 11.6 Å². The normalized spacial score (nSPS) is 18.6. The zero-order valence-electron chi connectivity index (χ0n) is 24.1. The molecule has 242 valence electrons. The van der Waals surface area contributed by atoms with Crippen LogP contribution in [0, 0.1) is 11.8 Å². The van der Waals surface area contributed by atoms with E-state index in [1.54, 1.807) is 26.2 Å². The first-order valence-electron chi connectivity index (χ1n) is 14.1. The van der Waals surface area contributed by atoms with E-state index in [1.807, 2.05) is 0 Å². The van der Waals surface area contributed by atoms with Gasteiger partial charge in [0.15, 0.2) is 0 Å². The summed E-state index contributed by atoms with van der Waals surface area (Å²) in [5.74, 6) is -1.68. The lowest BCUT2D eigenvalue weighted by molar-refractivity contribution is -0.274. The molecule has 4 rings (SSSR count). The molecule has 15 heteroatoms. The second-order valence-electron chi connectivity index (χ2n) is 11.4. The van der Waals surface area contributed by atoms with Crippen LogP contribution >= 0.6 is 11.6 Å². The fourth-order valence-corrected chi connectivity index (χ4v) is 6.03. The highest BCUT2D eigenvalue weighted by atomic mass is 35.5. The molecular formula is C29H33ClF6N4O4. The van der Waals surface area contributed by atoms with Crippen LogP contribution in [-0.4, -0.2) is 84.5 Å². The molecule has 1 aromatic heterocycles. The van der Waals surface area contributed by atoms with E-state index in [0.717, 1.165) is 42.4 Å². The molecule has 2 amide bonds. The first-order chi connectivity index (χ1) is 20.5. The molecule has 0 radical (unpaired) electrons. The van der Waals surface area contributed by atoms with Gasteiger partial charge in [0.2, 0.25) is 0 Å². The van der Waals surface area contributed by atoms with Gasteiger partial charge in [0.1, 0.15) is 16.7 Å². The Labute approximate surface area is 255 Å². The Morgan fingerprint density at radius 2 is 1.57 bits per heavy atom. The van der Waals surface area contributed by atoms with Crippen LogP contribution in [0.15, 0.2) is 36.4 Å². The van der Waals surface area contributed by atoms with Crippen LogP contribution in [-0.2, 0) is 10.4 Å². The van der Waals surface area contributed by atoms with Crippen molar-refractivity contribution in [2.75, 3.05) is 45.2 Å². The topological polar surface area (TPSA) is 86.2 Å². The number of carbonyl (C=O) groups excluding carboxylic acids is 2. The number of pyridine rings is 1. The lowest BCUT2D eigenvalue weighted by atomic mass is 9.82. The van der Waals surface area contributed by atoms with Gasteiger partial charge in [-0.3, -0.25) is 9.59 Å². The molecule has 0 aliphatic carbocycles.